The number of nitro benzene ring substituents is 1. The lowest BCUT2D eigenvalue weighted by molar-refractivity contribution is -0.384. The molecular weight excluding hydrogens is 280 g/mol. The zero-order chi connectivity index (χ0) is 16.0. The summed E-state index contributed by atoms with van der Waals surface area (Å²) in [5, 5.41) is 30.7. The highest BCUT2D eigenvalue weighted by atomic mass is 16.6. The zero-order valence-corrected chi connectivity index (χ0v) is 11.4. The Kier molecular flexibility index (Phi) is 5.79. The molecule has 1 rings (SSSR count). The van der Waals surface area contributed by atoms with E-state index >= 15 is 0 Å². The number of nitro groups is 1. The van der Waals surface area contributed by atoms with Crippen LogP contribution in [-0.4, -0.2) is 39.7 Å². The SMILES string of the molecule is CC(C(=O)NCC[C@H](O)C(=O)O)c1cccc([N+](=O)[O-])c1. The van der Waals surface area contributed by atoms with Crippen molar-refractivity contribution in [2.24, 2.45) is 0 Å². The Labute approximate surface area is 120 Å². The molecule has 0 aliphatic rings. The van der Waals surface area contributed by atoms with Crippen molar-refractivity contribution < 1.29 is 24.7 Å². The molecule has 0 bridgehead atoms. The van der Waals surface area contributed by atoms with Gasteiger partial charge in [-0.1, -0.05) is 12.1 Å². The van der Waals surface area contributed by atoms with Gasteiger partial charge in [0, 0.05) is 25.1 Å². The summed E-state index contributed by atoms with van der Waals surface area (Å²) >= 11 is 0. The van der Waals surface area contributed by atoms with Gasteiger partial charge < -0.3 is 15.5 Å². The summed E-state index contributed by atoms with van der Waals surface area (Å²) in [6.45, 7) is 1.59. The van der Waals surface area contributed by atoms with E-state index in [0.717, 1.165) is 0 Å². The number of hydrogen-bond donors (Lipinski definition) is 3. The molecule has 2 atom stereocenters. The second kappa shape index (κ2) is 7.34. The zero-order valence-electron chi connectivity index (χ0n) is 11.4. The number of non-ortho nitro benzene ring substituents is 1. The average molecular weight is 296 g/mol. The van der Waals surface area contributed by atoms with E-state index in [1.165, 1.54) is 18.2 Å². The molecule has 0 heterocycles. The lowest BCUT2D eigenvalue weighted by Crippen LogP contribution is -2.32. The Balaban J connectivity index is 2.60. The predicted octanol–water partition coefficient (Wildman–Crippen LogP) is 0.650. The molecule has 0 aliphatic heterocycles. The molecule has 0 saturated heterocycles. The van der Waals surface area contributed by atoms with Crippen LogP contribution < -0.4 is 5.32 Å². The second-order valence-electron chi connectivity index (χ2n) is 4.51. The van der Waals surface area contributed by atoms with E-state index in [-0.39, 0.29) is 18.7 Å². The fourth-order valence-electron chi connectivity index (χ4n) is 1.67. The van der Waals surface area contributed by atoms with Crippen LogP contribution in [0.2, 0.25) is 0 Å². The largest absolute Gasteiger partial charge is 0.479 e. The van der Waals surface area contributed by atoms with Crippen LogP contribution in [0.15, 0.2) is 24.3 Å². The maximum Gasteiger partial charge on any atom is 0.332 e. The van der Waals surface area contributed by atoms with Crippen molar-refractivity contribution in [3.63, 3.8) is 0 Å². The van der Waals surface area contributed by atoms with Gasteiger partial charge in [0.15, 0.2) is 6.10 Å². The molecule has 8 nitrogen and oxygen atoms in total. The second-order valence-corrected chi connectivity index (χ2v) is 4.51. The molecule has 1 unspecified atom stereocenters. The van der Waals surface area contributed by atoms with Crippen LogP contribution in [0.25, 0.3) is 0 Å². The predicted molar refractivity (Wildman–Crippen MR) is 72.8 cm³/mol. The van der Waals surface area contributed by atoms with Crippen LogP contribution >= 0.6 is 0 Å². The molecule has 1 aromatic rings. The molecule has 114 valence electrons. The molecule has 8 heteroatoms. The van der Waals surface area contributed by atoms with Gasteiger partial charge in [-0.15, -0.1) is 0 Å². The first-order chi connectivity index (χ1) is 9.82. The smallest absolute Gasteiger partial charge is 0.332 e. The topological polar surface area (TPSA) is 130 Å². The van der Waals surface area contributed by atoms with Gasteiger partial charge in [0.1, 0.15) is 0 Å². The van der Waals surface area contributed by atoms with Crippen molar-refractivity contribution >= 4 is 17.6 Å². The van der Waals surface area contributed by atoms with Gasteiger partial charge >= 0.3 is 5.97 Å². The Bertz CT molecular complexity index is 545. The first-order valence-corrected chi connectivity index (χ1v) is 6.26. The van der Waals surface area contributed by atoms with Crippen molar-refractivity contribution in [3.05, 3.63) is 39.9 Å². The minimum atomic E-state index is -1.53. The van der Waals surface area contributed by atoms with E-state index in [1.54, 1.807) is 13.0 Å². The monoisotopic (exact) mass is 296 g/mol. The number of benzene rings is 1. The summed E-state index contributed by atoms with van der Waals surface area (Å²) in [5.74, 6) is -2.36. The Morgan fingerprint density at radius 1 is 1.43 bits per heavy atom. The standard InChI is InChI=1S/C13H16N2O6/c1-8(9-3-2-4-10(7-9)15(20)21)12(17)14-6-5-11(16)13(18)19/h2-4,7-8,11,16H,5-6H2,1H3,(H,14,17)(H,18,19)/t8?,11-/m0/s1. The molecule has 0 fully saturated rings. The molecule has 0 aromatic heterocycles. The minimum absolute atomic E-state index is 0.00552. The summed E-state index contributed by atoms with van der Waals surface area (Å²) in [6, 6.07) is 5.74. The molecule has 0 spiro atoms. The van der Waals surface area contributed by atoms with Gasteiger partial charge in [-0.3, -0.25) is 14.9 Å². The normalized spacial score (nSPS) is 13.2. The molecular formula is C13H16N2O6. The number of amides is 1. The van der Waals surface area contributed by atoms with Crippen molar-refractivity contribution in [3.8, 4) is 0 Å². The summed E-state index contributed by atoms with van der Waals surface area (Å²) < 4.78 is 0. The summed E-state index contributed by atoms with van der Waals surface area (Å²) in [7, 11) is 0. The Hall–Kier alpha value is -2.48. The number of rotatable bonds is 7. The lowest BCUT2D eigenvalue weighted by atomic mass is 10.00. The van der Waals surface area contributed by atoms with Crippen LogP contribution in [0, 0.1) is 10.1 Å². The number of nitrogens with one attached hydrogen (secondary N) is 1. The molecule has 1 aromatic carbocycles. The third-order valence-electron chi connectivity index (χ3n) is 2.98. The number of hydrogen-bond acceptors (Lipinski definition) is 5. The number of aliphatic hydroxyl groups is 1. The summed E-state index contributed by atoms with van der Waals surface area (Å²) in [5.41, 5.74) is 0.383. The van der Waals surface area contributed by atoms with Crippen LogP contribution in [0.1, 0.15) is 24.8 Å². The van der Waals surface area contributed by atoms with E-state index in [2.05, 4.69) is 5.32 Å². The van der Waals surface area contributed by atoms with Crippen molar-refractivity contribution in [2.45, 2.75) is 25.4 Å². The maximum absolute atomic E-state index is 11.9. The highest BCUT2D eigenvalue weighted by Crippen LogP contribution is 2.20. The van der Waals surface area contributed by atoms with Crippen molar-refractivity contribution in [2.75, 3.05) is 6.54 Å². The van der Waals surface area contributed by atoms with Crippen molar-refractivity contribution in [1.82, 2.24) is 5.32 Å². The van der Waals surface area contributed by atoms with Crippen LogP contribution in [0.5, 0.6) is 0 Å². The highest BCUT2D eigenvalue weighted by molar-refractivity contribution is 5.83. The number of carbonyl (C=O) groups excluding carboxylic acids is 1. The van der Waals surface area contributed by atoms with Gasteiger partial charge in [-0.2, -0.15) is 0 Å². The highest BCUT2D eigenvalue weighted by Gasteiger charge is 2.18. The van der Waals surface area contributed by atoms with Crippen LogP contribution in [0.3, 0.4) is 0 Å². The lowest BCUT2D eigenvalue weighted by Gasteiger charge is -2.13. The number of aliphatic hydroxyl groups excluding tert-OH is 1. The average Bonchev–Trinajstić information content (AvgIpc) is 2.46. The van der Waals surface area contributed by atoms with Gasteiger partial charge in [-0.05, 0) is 12.5 Å². The fourth-order valence-corrected chi connectivity index (χ4v) is 1.67. The van der Waals surface area contributed by atoms with E-state index in [4.69, 9.17) is 10.2 Å². The quantitative estimate of drug-likeness (QED) is 0.500. The molecule has 21 heavy (non-hydrogen) atoms. The number of carboxylic acids is 1. The van der Waals surface area contributed by atoms with Gasteiger partial charge in [0.25, 0.3) is 5.69 Å². The summed E-state index contributed by atoms with van der Waals surface area (Å²) in [4.78, 5) is 32.4. The van der Waals surface area contributed by atoms with Crippen molar-refractivity contribution in [1.29, 1.82) is 0 Å². The number of aliphatic carboxylic acids is 1. The Morgan fingerprint density at radius 3 is 2.67 bits per heavy atom. The summed E-state index contributed by atoms with van der Waals surface area (Å²) in [6.07, 6.45) is -1.64. The first-order valence-electron chi connectivity index (χ1n) is 6.26. The van der Waals surface area contributed by atoms with Crippen LogP contribution in [0.4, 0.5) is 5.69 Å². The van der Waals surface area contributed by atoms with E-state index < -0.39 is 28.8 Å². The number of carboxylic acid groups (broad SMARTS) is 1. The number of nitrogens with zero attached hydrogens (tertiary/aromatic N) is 1. The minimum Gasteiger partial charge on any atom is -0.479 e. The molecule has 0 saturated carbocycles. The number of carbonyl (C=O) groups is 2. The van der Waals surface area contributed by atoms with Gasteiger partial charge in [-0.25, -0.2) is 4.79 Å². The van der Waals surface area contributed by atoms with E-state index in [1.807, 2.05) is 0 Å². The first kappa shape index (κ1) is 16.6. The van der Waals surface area contributed by atoms with E-state index in [0.29, 0.717) is 5.56 Å². The van der Waals surface area contributed by atoms with Gasteiger partial charge in [0.05, 0.1) is 10.8 Å². The third-order valence-corrected chi connectivity index (χ3v) is 2.98. The molecule has 0 radical (unpaired) electrons. The molecule has 3 N–H and O–H groups in total. The molecule has 1 amide bonds. The van der Waals surface area contributed by atoms with Crippen LogP contribution in [-0.2, 0) is 9.59 Å². The Morgan fingerprint density at radius 2 is 2.10 bits per heavy atom. The molecule has 0 aliphatic carbocycles. The van der Waals surface area contributed by atoms with Gasteiger partial charge in [0.2, 0.25) is 5.91 Å². The van der Waals surface area contributed by atoms with E-state index in [9.17, 15) is 19.7 Å². The maximum atomic E-state index is 11.9. The third kappa shape index (κ3) is 4.84. The fraction of sp³-hybridized carbons (Fsp3) is 0.385.